The van der Waals surface area contributed by atoms with E-state index in [0.29, 0.717) is 16.1 Å². The fourth-order valence-electron chi connectivity index (χ4n) is 1.82. The van der Waals surface area contributed by atoms with Crippen LogP contribution in [-0.4, -0.2) is 20.0 Å². The average Bonchev–Trinajstić information content (AvgIpc) is 2.38. The molecule has 0 saturated heterocycles. The molecule has 0 N–H and O–H groups in total. The van der Waals surface area contributed by atoms with E-state index in [1.807, 2.05) is 6.07 Å². The summed E-state index contributed by atoms with van der Waals surface area (Å²) in [5.41, 5.74) is 0.987. The van der Waals surface area contributed by atoms with Gasteiger partial charge >= 0.3 is 0 Å². The molecular formula is C15H13ClO3S. The predicted octanol–water partition coefficient (Wildman–Crippen LogP) is 3.14. The van der Waals surface area contributed by atoms with E-state index in [9.17, 15) is 13.2 Å². The maximum Gasteiger partial charge on any atom is 0.177 e. The second-order valence-electron chi connectivity index (χ2n) is 4.45. The van der Waals surface area contributed by atoms with Gasteiger partial charge in [0.15, 0.2) is 15.6 Å². The first-order chi connectivity index (χ1) is 9.46. The Morgan fingerprint density at radius 1 is 1.00 bits per heavy atom. The molecule has 2 aromatic rings. The largest absolute Gasteiger partial charge is 0.293 e. The minimum Gasteiger partial charge on any atom is -0.293 e. The quantitative estimate of drug-likeness (QED) is 0.797. The first kappa shape index (κ1) is 14.8. The van der Waals surface area contributed by atoms with Crippen molar-refractivity contribution in [1.82, 2.24) is 0 Å². The highest BCUT2D eigenvalue weighted by Gasteiger charge is 2.18. The third kappa shape index (κ3) is 4.18. The minimum absolute atomic E-state index is 0.139. The van der Waals surface area contributed by atoms with Crippen LogP contribution in [0.5, 0.6) is 0 Å². The highest BCUT2D eigenvalue weighted by Crippen LogP contribution is 2.13. The standard InChI is InChI=1S/C15H13ClO3S/c16-14-8-4-7-13(9-14)15(17)11-20(18,19)10-12-5-2-1-3-6-12/h1-9H,10-11H2. The van der Waals surface area contributed by atoms with Gasteiger partial charge in [0.1, 0.15) is 5.75 Å². The van der Waals surface area contributed by atoms with Crippen LogP contribution in [0, 0.1) is 0 Å². The minimum atomic E-state index is -3.49. The molecule has 104 valence electrons. The fraction of sp³-hybridized carbons (Fsp3) is 0.133. The average molecular weight is 309 g/mol. The molecule has 0 aliphatic carbocycles. The van der Waals surface area contributed by atoms with Gasteiger partial charge in [0.05, 0.1) is 5.75 Å². The van der Waals surface area contributed by atoms with Crippen LogP contribution in [0.2, 0.25) is 5.02 Å². The van der Waals surface area contributed by atoms with Gasteiger partial charge in [-0.1, -0.05) is 54.1 Å². The number of ketones is 1. The van der Waals surface area contributed by atoms with Crippen LogP contribution < -0.4 is 0 Å². The number of hydrogen-bond acceptors (Lipinski definition) is 3. The van der Waals surface area contributed by atoms with E-state index >= 15 is 0 Å². The van der Waals surface area contributed by atoms with Crippen LogP contribution in [0.3, 0.4) is 0 Å². The van der Waals surface area contributed by atoms with E-state index in [0.717, 1.165) is 0 Å². The lowest BCUT2D eigenvalue weighted by atomic mass is 10.1. The van der Waals surface area contributed by atoms with Crippen molar-refractivity contribution in [3.63, 3.8) is 0 Å². The summed E-state index contributed by atoms with van der Waals surface area (Å²) in [6, 6.07) is 15.1. The summed E-state index contributed by atoms with van der Waals surface area (Å²) < 4.78 is 24.0. The fourth-order valence-corrected chi connectivity index (χ4v) is 3.38. The van der Waals surface area contributed by atoms with Gasteiger partial charge in [-0.25, -0.2) is 8.42 Å². The Labute approximate surface area is 123 Å². The smallest absolute Gasteiger partial charge is 0.177 e. The topological polar surface area (TPSA) is 51.2 Å². The number of halogens is 1. The van der Waals surface area contributed by atoms with E-state index in [1.165, 1.54) is 6.07 Å². The predicted molar refractivity (Wildman–Crippen MR) is 79.7 cm³/mol. The Kier molecular flexibility index (Phi) is 4.57. The molecule has 20 heavy (non-hydrogen) atoms. The highest BCUT2D eigenvalue weighted by atomic mass is 35.5. The number of carbonyl (C=O) groups is 1. The molecule has 0 unspecified atom stereocenters. The molecule has 3 nitrogen and oxygen atoms in total. The van der Waals surface area contributed by atoms with E-state index in [-0.39, 0.29) is 5.75 Å². The van der Waals surface area contributed by atoms with Crippen molar-refractivity contribution in [3.05, 3.63) is 70.7 Å². The van der Waals surface area contributed by atoms with Gasteiger partial charge in [-0.05, 0) is 17.7 Å². The van der Waals surface area contributed by atoms with Crippen LogP contribution in [0.4, 0.5) is 0 Å². The van der Waals surface area contributed by atoms with Crippen LogP contribution in [-0.2, 0) is 15.6 Å². The number of Topliss-reactive ketones (excluding diaryl/α,β-unsaturated/α-hetero) is 1. The number of carbonyl (C=O) groups excluding carboxylic acids is 1. The maximum absolute atomic E-state index is 12.0. The SMILES string of the molecule is O=C(CS(=O)(=O)Cc1ccccc1)c1cccc(Cl)c1. The van der Waals surface area contributed by atoms with Gasteiger partial charge in [0.2, 0.25) is 0 Å². The summed E-state index contributed by atoms with van der Waals surface area (Å²) in [5, 5.41) is 0.413. The lowest BCUT2D eigenvalue weighted by Gasteiger charge is -2.04. The Hall–Kier alpha value is -1.65. The molecule has 2 rings (SSSR count). The lowest BCUT2D eigenvalue weighted by Crippen LogP contribution is -2.17. The summed E-state index contributed by atoms with van der Waals surface area (Å²) in [6.07, 6.45) is 0. The number of benzene rings is 2. The van der Waals surface area contributed by atoms with E-state index < -0.39 is 21.4 Å². The second kappa shape index (κ2) is 6.20. The highest BCUT2D eigenvalue weighted by molar-refractivity contribution is 7.91. The third-order valence-corrected chi connectivity index (χ3v) is 4.44. The van der Waals surface area contributed by atoms with Gasteiger partial charge in [-0.15, -0.1) is 0 Å². The molecule has 0 saturated carbocycles. The Morgan fingerprint density at radius 3 is 2.35 bits per heavy atom. The molecular weight excluding hydrogens is 296 g/mol. The van der Waals surface area contributed by atoms with E-state index in [2.05, 4.69) is 0 Å². The van der Waals surface area contributed by atoms with Crippen LogP contribution in [0.15, 0.2) is 54.6 Å². The van der Waals surface area contributed by atoms with Crippen LogP contribution in [0.25, 0.3) is 0 Å². The van der Waals surface area contributed by atoms with Crippen molar-refractivity contribution in [2.45, 2.75) is 5.75 Å². The molecule has 0 radical (unpaired) electrons. The zero-order chi connectivity index (χ0) is 14.6. The summed E-state index contributed by atoms with van der Waals surface area (Å²) in [4.78, 5) is 12.0. The van der Waals surface area contributed by atoms with Gasteiger partial charge in [0.25, 0.3) is 0 Å². The van der Waals surface area contributed by atoms with Crippen LogP contribution >= 0.6 is 11.6 Å². The molecule has 0 spiro atoms. The van der Waals surface area contributed by atoms with Gasteiger partial charge < -0.3 is 0 Å². The second-order valence-corrected chi connectivity index (χ2v) is 6.95. The molecule has 0 aliphatic rings. The summed E-state index contributed by atoms with van der Waals surface area (Å²) in [7, 11) is -3.49. The van der Waals surface area contributed by atoms with Gasteiger partial charge in [0, 0.05) is 10.6 Å². The normalized spacial score (nSPS) is 11.2. The molecule has 0 aliphatic heterocycles. The number of hydrogen-bond donors (Lipinski definition) is 0. The molecule has 0 atom stereocenters. The Bertz CT molecular complexity index is 709. The Balaban J connectivity index is 2.10. The summed E-state index contributed by atoms with van der Waals surface area (Å²) in [5.74, 6) is -1.09. The molecule has 0 heterocycles. The third-order valence-electron chi connectivity index (χ3n) is 2.73. The summed E-state index contributed by atoms with van der Waals surface area (Å²) in [6.45, 7) is 0. The van der Waals surface area contributed by atoms with Crippen molar-refractivity contribution in [3.8, 4) is 0 Å². The van der Waals surface area contributed by atoms with Gasteiger partial charge in [-0.3, -0.25) is 4.79 Å². The van der Waals surface area contributed by atoms with E-state index in [1.54, 1.807) is 42.5 Å². The Morgan fingerprint density at radius 2 is 1.70 bits per heavy atom. The molecule has 0 fully saturated rings. The first-order valence-electron chi connectivity index (χ1n) is 5.99. The van der Waals surface area contributed by atoms with Crippen molar-refractivity contribution < 1.29 is 13.2 Å². The monoisotopic (exact) mass is 308 g/mol. The first-order valence-corrected chi connectivity index (χ1v) is 8.19. The molecule has 0 aromatic heterocycles. The molecule has 0 bridgehead atoms. The van der Waals surface area contributed by atoms with Crippen molar-refractivity contribution >= 4 is 27.2 Å². The lowest BCUT2D eigenvalue weighted by molar-refractivity contribution is 0.102. The summed E-state index contributed by atoms with van der Waals surface area (Å²) >= 11 is 5.79. The zero-order valence-corrected chi connectivity index (χ0v) is 12.2. The van der Waals surface area contributed by atoms with Crippen molar-refractivity contribution in [1.29, 1.82) is 0 Å². The maximum atomic E-state index is 12.0. The van der Waals surface area contributed by atoms with Crippen molar-refractivity contribution in [2.75, 3.05) is 5.75 Å². The zero-order valence-electron chi connectivity index (χ0n) is 10.6. The van der Waals surface area contributed by atoms with Crippen molar-refractivity contribution in [2.24, 2.45) is 0 Å². The number of rotatable bonds is 5. The molecule has 2 aromatic carbocycles. The van der Waals surface area contributed by atoms with Gasteiger partial charge in [-0.2, -0.15) is 0 Å². The molecule has 5 heteroatoms. The number of sulfone groups is 1. The van der Waals surface area contributed by atoms with E-state index in [4.69, 9.17) is 11.6 Å². The van der Waals surface area contributed by atoms with Crippen LogP contribution in [0.1, 0.15) is 15.9 Å². The molecule has 0 amide bonds.